The number of carbonyl (C=O) groups is 1. The fourth-order valence-electron chi connectivity index (χ4n) is 4.05. The lowest BCUT2D eigenvalue weighted by molar-refractivity contribution is 0.0204. The van der Waals surface area contributed by atoms with Gasteiger partial charge in [0, 0.05) is 36.6 Å². The Bertz CT molecular complexity index is 1190. The van der Waals surface area contributed by atoms with Gasteiger partial charge < -0.3 is 9.64 Å². The highest BCUT2D eigenvalue weighted by atomic mass is 19.1. The van der Waals surface area contributed by atoms with Gasteiger partial charge in [-0.1, -0.05) is 18.2 Å². The van der Waals surface area contributed by atoms with E-state index in [4.69, 9.17) is 4.74 Å². The average Bonchev–Trinajstić information content (AvgIpc) is 2.76. The van der Waals surface area contributed by atoms with E-state index in [9.17, 15) is 14.0 Å². The summed E-state index contributed by atoms with van der Waals surface area (Å²) in [6.45, 7) is 6.60. The molecule has 3 aromatic rings. The van der Waals surface area contributed by atoms with E-state index in [-0.39, 0.29) is 29.9 Å². The smallest absolute Gasteiger partial charge is 0.410 e. The van der Waals surface area contributed by atoms with Crippen molar-refractivity contribution in [1.29, 1.82) is 0 Å². The summed E-state index contributed by atoms with van der Waals surface area (Å²) in [5.74, 6) is -0.396. The van der Waals surface area contributed by atoms with E-state index < -0.39 is 5.60 Å². The van der Waals surface area contributed by atoms with Crippen molar-refractivity contribution >= 4 is 17.3 Å². The molecule has 0 N–H and O–H groups in total. The van der Waals surface area contributed by atoms with Crippen LogP contribution in [0.5, 0.6) is 0 Å². The van der Waals surface area contributed by atoms with Crippen molar-refractivity contribution in [3.63, 3.8) is 0 Å². The maximum absolute atomic E-state index is 14.3. The molecular weight excluding hydrogens is 411 g/mol. The predicted octanol–water partition coefficient (Wildman–Crippen LogP) is 4.09. The molecule has 3 heterocycles. The van der Waals surface area contributed by atoms with E-state index in [1.165, 1.54) is 16.8 Å². The molecule has 2 aromatic heterocycles. The van der Waals surface area contributed by atoms with Crippen LogP contribution in [-0.2, 0) is 11.3 Å². The summed E-state index contributed by atoms with van der Waals surface area (Å²) >= 11 is 0. The Morgan fingerprint density at radius 3 is 2.53 bits per heavy atom. The van der Waals surface area contributed by atoms with Gasteiger partial charge in [0.2, 0.25) is 0 Å². The van der Waals surface area contributed by atoms with Crippen molar-refractivity contribution in [3.8, 4) is 0 Å². The molecule has 0 aliphatic carbocycles. The zero-order valence-corrected chi connectivity index (χ0v) is 18.5. The van der Waals surface area contributed by atoms with Gasteiger partial charge in [-0.05, 0) is 51.7 Å². The van der Waals surface area contributed by atoms with Crippen molar-refractivity contribution in [3.05, 3.63) is 70.0 Å². The van der Waals surface area contributed by atoms with Gasteiger partial charge in [-0.2, -0.15) is 0 Å². The first-order chi connectivity index (χ1) is 15.2. The van der Waals surface area contributed by atoms with Crippen molar-refractivity contribution in [2.75, 3.05) is 13.1 Å². The van der Waals surface area contributed by atoms with Gasteiger partial charge in [0.15, 0.2) is 5.65 Å². The lowest BCUT2D eigenvalue weighted by Crippen LogP contribution is -2.42. The number of ether oxygens (including phenoxy) is 1. The number of likely N-dealkylation sites (tertiary alicyclic amines) is 1. The van der Waals surface area contributed by atoms with E-state index >= 15 is 0 Å². The van der Waals surface area contributed by atoms with Crippen molar-refractivity contribution < 1.29 is 13.9 Å². The van der Waals surface area contributed by atoms with E-state index in [1.807, 2.05) is 20.8 Å². The molecule has 0 bridgehead atoms. The molecule has 168 valence electrons. The normalized spacial score (nSPS) is 15.2. The van der Waals surface area contributed by atoms with Crippen LogP contribution in [-0.4, -0.2) is 44.2 Å². The molecule has 32 heavy (non-hydrogen) atoms. The third-order valence-electron chi connectivity index (χ3n) is 5.62. The quantitative estimate of drug-likeness (QED) is 0.616. The molecular formula is C24H27FN4O3. The summed E-state index contributed by atoms with van der Waals surface area (Å²) in [6.07, 6.45) is 4.05. The number of piperidine rings is 1. The Morgan fingerprint density at radius 1 is 1.16 bits per heavy atom. The Morgan fingerprint density at radius 2 is 1.84 bits per heavy atom. The molecule has 1 saturated heterocycles. The Hall–Kier alpha value is -3.29. The van der Waals surface area contributed by atoms with Crippen LogP contribution in [0, 0.1) is 5.82 Å². The second kappa shape index (κ2) is 8.68. The molecule has 0 radical (unpaired) electrons. The van der Waals surface area contributed by atoms with Crippen LogP contribution in [0.3, 0.4) is 0 Å². The van der Waals surface area contributed by atoms with Gasteiger partial charge in [0.05, 0.1) is 6.54 Å². The minimum atomic E-state index is -0.550. The molecule has 0 saturated carbocycles. The number of amides is 1. The number of pyridine rings is 1. The van der Waals surface area contributed by atoms with Crippen molar-refractivity contribution in [1.82, 2.24) is 19.4 Å². The minimum Gasteiger partial charge on any atom is -0.444 e. The standard InChI is InChI=1S/C24H27FN4O3/c1-24(2,3)32-23(31)28-12-8-16(9-13-28)18-14-20-21(27-11-10-26-20)29(22(18)30)15-17-6-4-5-7-19(17)25/h4-7,10-11,14,16H,8-9,12-13,15H2,1-3H3. The topological polar surface area (TPSA) is 77.3 Å². The molecule has 0 spiro atoms. The number of rotatable bonds is 3. The molecule has 7 nitrogen and oxygen atoms in total. The van der Waals surface area contributed by atoms with Gasteiger partial charge in [-0.3, -0.25) is 14.3 Å². The second-order valence-electron chi connectivity index (χ2n) is 9.09. The van der Waals surface area contributed by atoms with Gasteiger partial charge >= 0.3 is 6.09 Å². The van der Waals surface area contributed by atoms with Crippen molar-refractivity contribution in [2.45, 2.75) is 51.7 Å². The molecule has 0 unspecified atom stereocenters. The first-order valence-electron chi connectivity index (χ1n) is 10.8. The monoisotopic (exact) mass is 438 g/mol. The molecule has 8 heteroatoms. The SMILES string of the molecule is CC(C)(C)OC(=O)N1CCC(c2cc3nccnc3n(Cc3ccccc3F)c2=O)CC1. The zero-order valence-electron chi connectivity index (χ0n) is 18.5. The van der Waals surface area contributed by atoms with Gasteiger partial charge in [-0.25, -0.2) is 14.2 Å². The molecule has 1 fully saturated rings. The number of halogens is 1. The lowest BCUT2D eigenvalue weighted by Gasteiger charge is -2.33. The number of benzene rings is 1. The van der Waals surface area contributed by atoms with E-state index in [1.54, 1.807) is 35.4 Å². The summed E-state index contributed by atoms with van der Waals surface area (Å²) in [7, 11) is 0. The number of carbonyl (C=O) groups excluding carboxylic acids is 1. The first-order valence-corrected chi connectivity index (χ1v) is 10.8. The molecule has 1 aliphatic rings. The average molecular weight is 439 g/mol. The number of fused-ring (bicyclic) bond motifs is 1. The highest BCUT2D eigenvalue weighted by Gasteiger charge is 2.29. The highest BCUT2D eigenvalue weighted by Crippen LogP contribution is 2.28. The summed E-state index contributed by atoms with van der Waals surface area (Å²) in [5, 5.41) is 0. The van der Waals surface area contributed by atoms with E-state index in [2.05, 4.69) is 9.97 Å². The van der Waals surface area contributed by atoms with Crippen LogP contribution in [0.25, 0.3) is 11.2 Å². The van der Waals surface area contributed by atoms with Crippen LogP contribution in [0.4, 0.5) is 9.18 Å². The Kier molecular flexibility index (Phi) is 5.95. The minimum absolute atomic E-state index is 0.0283. The predicted molar refractivity (Wildman–Crippen MR) is 119 cm³/mol. The highest BCUT2D eigenvalue weighted by molar-refractivity contribution is 5.71. The summed E-state index contributed by atoms with van der Waals surface area (Å²) < 4.78 is 21.3. The van der Waals surface area contributed by atoms with E-state index in [0.29, 0.717) is 48.2 Å². The number of aromatic nitrogens is 3. The molecule has 1 aliphatic heterocycles. The summed E-state index contributed by atoms with van der Waals surface area (Å²) in [6, 6.07) is 8.19. The fourth-order valence-corrected chi connectivity index (χ4v) is 4.05. The third-order valence-corrected chi connectivity index (χ3v) is 5.62. The molecule has 0 atom stereocenters. The summed E-state index contributed by atoms with van der Waals surface area (Å²) in [4.78, 5) is 36.2. The number of nitrogens with zero attached hydrogens (tertiary/aromatic N) is 4. The number of hydrogen-bond acceptors (Lipinski definition) is 5. The van der Waals surface area contributed by atoms with Crippen molar-refractivity contribution in [2.24, 2.45) is 0 Å². The van der Waals surface area contributed by atoms with Crippen LogP contribution >= 0.6 is 0 Å². The Labute approximate surface area is 185 Å². The maximum atomic E-state index is 14.3. The van der Waals surface area contributed by atoms with Gasteiger partial charge in [0.25, 0.3) is 5.56 Å². The fraction of sp³-hybridized carbons (Fsp3) is 0.417. The maximum Gasteiger partial charge on any atom is 0.410 e. The lowest BCUT2D eigenvalue weighted by atomic mass is 9.90. The summed E-state index contributed by atoms with van der Waals surface area (Å²) in [5.41, 5.74) is 1.31. The van der Waals surface area contributed by atoms with Gasteiger partial charge in [-0.15, -0.1) is 0 Å². The van der Waals surface area contributed by atoms with Crippen LogP contribution in [0.1, 0.15) is 50.7 Å². The molecule has 1 aromatic carbocycles. The van der Waals surface area contributed by atoms with Crippen LogP contribution in [0.15, 0.2) is 47.5 Å². The van der Waals surface area contributed by atoms with Gasteiger partial charge in [0.1, 0.15) is 16.9 Å². The van der Waals surface area contributed by atoms with Crippen LogP contribution < -0.4 is 5.56 Å². The zero-order chi connectivity index (χ0) is 22.9. The largest absolute Gasteiger partial charge is 0.444 e. The van der Waals surface area contributed by atoms with E-state index in [0.717, 1.165) is 0 Å². The third kappa shape index (κ3) is 4.64. The molecule has 4 rings (SSSR count). The molecule has 1 amide bonds. The second-order valence-corrected chi connectivity index (χ2v) is 9.09. The first kappa shape index (κ1) is 21.9. The van der Waals surface area contributed by atoms with Crippen LogP contribution in [0.2, 0.25) is 0 Å². The number of hydrogen-bond donors (Lipinski definition) is 0. The Balaban J connectivity index is 1.63.